The van der Waals surface area contributed by atoms with Gasteiger partial charge in [-0.15, -0.1) is 0 Å². The number of ketones is 1. The zero-order valence-electron chi connectivity index (χ0n) is 15.9. The maximum Gasteiger partial charge on any atom is 0.255 e. The Kier molecular flexibility index (Phi) is 6.60. The average molecular weight is 394 g/mol. The molecule has 1 saturated heterocycles. The van der Waals surface area contributed by atoms with Crippen molar-refractivity contribution in [1.29, 1.82) is 0 Å². The quantitative estimate of drug-likeness (QED) is 0.726. The van der Waals surface area contributed by atoms with Gasteiger partial charge in [-0.25, -0.2) is 0 Å². The molecule has 148 valence electrons. The lowest BCUT2D eigenvalue weighted by Crippen LogP contribution is -2.45. The molecular weight excluding hydrogens is 366 g/mol. The van der Waals surface area contributed by atoms with Gasteiger partial charge in [0.25, 0.3) is 5.91 Å². The highest BCUT2D eigenvalue weighted by Crippen LogP contribution is 2.38. The smallest absolute Gasteiger partial charge is 0.255 e. The van der Waals surface area contributed by atoms with E-state index in [-0.39, 0.29) is 17.7 Å². The van der Waals surface area contributed by atoms with Crippen LogP contribution in [0.2, 0.25) is 5.02 Å². The number of carbonyl (C=O) groups is 2. The summed E-state index contributed by atoms with van der Waals surface area (Å²) >= 11 is 6.24. The molecule has 0 unspecified atom stereocenters. The van der Waals surface area contributed by atoms with Crippen molar-refractivity contribution in [2.24, 2.45) is 0 Å². The van der Waals surface area contributed by atoms with Crippen LogP contribution in [0, 0.1) is 0 Å². The van der Waals surface area contributed by atoms with E-state index in [1.807, 2.05) is 0 Å². The number of rotatable bonds is 6. The predicted molar refractivity (Wildman–Crippen MR) is 107 cm³/mol. The summed E-state index contributed by atoms with van der Waals surface area (Å²) in [5.74, 6) is 0.678. The van der Waals surface area contributed by atoms with Gasteiger partial charge in [0.05, 0.1) is 22.9 Å². The van der Waals surface area contributed by atoms with Crippen molar-refractivity contribution >= 4 is 29.0 Å². The zero-order valence-corrected chi connectivity index (χ0v) is 16.6. The van der Waals surface area contributed by atoms with Crippen LogP contribution in [0.1, 0.15) is 54.9 Å². The number of amides is 1. The molecule has 3 rings (SSSR count). The second kappa shape index (κ2) is 8.93. The van der Waals surface area contributed by atoms with Crippen molar-refractivity contribution in [1.82, 2.24) is 10.2 Å². The molecule has 7 heteroatoms. The standard InChI is InChI=1S/C20H28ClN3O3/c1-13(25)4-2-8-24-9-6-14(7-10-24)23-20(26)16-12-17(21)18(22)15-5-3-11-27-19(15)16/h12,14H,2-11,22H2,1H3,(H,23,26). The van der Waals surface area contributed by atoms with Gasteiger partial charge in [0.2, 0.25) is 0 Å². The number of Topliss-reactive ketones (excluding diaryl/α,β-unsaturated/α-hetero) is 1. The van der Waals surface area contributed by atoms with Gasteiger partial charge < -0.3 is 25.5 Å². The molecule has 1 amide bonds. The number of hydrogen-bond donors (Lipinski definition) is 2. The third kappa shape index (κ3) is 4.93. The van der Waals surface area contributed by atoms with Gasteiger partial charge >= 0.3 is 0 Å². The van der Waals surface area contributed by atoms with Crippen LogP contribution in [0.4, 0.5) is 5.69 Å². The SMILES string of the molecule is CC(=O)CCCN1CCC(NC(=O)c2cc(Cl)c(N)c3c2OCCC3)CC1. The van der Waals surface area contributed by atoms with Crippen LogP contribution in [0.5, 0.6) is 5.75 Å². The lowest BCUT2D eigenvalue weighted by Gasteiger charge is -2.32. The van der Waals surface area contributed by atoms with Crippen molar-refractivity contribution in [2.45, 2.75) is 51.5 Å². The Morgan fingerprint density at radius 1 is 1.37 bits per heavy atom. The number of nitrogen functional groups attached to an aromatic ring is 1. The Morgan fingerprint density at radius 3 is 2.81 bits per heavy atom. The highest BCUT2D eigenvalue weighted by atomic mass is 35.5. The van der Waals surface area contributed by atoms with E-state index in [9.17, 15) is 9.59 Å². The van der Waals surface area contributed by atoms with Crippen molar-refractivity contribution < 1.29 is 14.3 Å². The van der Waals surface area contributed by atoms with Crippen molar-refractivity contribution in [3.05, 3.63) is 22.2 Å². The maximum absolute atomic E-state index is 12.8. The van der Waals surface area contributed by atoms with E-state index in [2.05, 4.69) is 10.2 Å². The van der Waals surface area contributed by atoms with Gasteiger partial charge in [0.15, 0.2) is 0 Å². The molecule has 3 N–H and O–H groups in total. The second-order valence-corrected chi connectivity index (χ2v) is 7.88. The lowest BCUT2D eigenvalue weighted by atomic mass is 9.98. The van der Waals surface area contributed by atoms with E-state index in [0.717, 1.165) is 57.3 Å². The van der Waals surface area contributed by atoms with Crippen LogP contribution < -0.4 is 15.8 Å². The molecule has 2 aliphatic heterocycles. The number of hydrogen-bond acceptors (Lipinski definition) is 5. The van der Waals surface area contributed by atoms with E-state index in [1.54, 1.807) is 13.0 Å². The van der Waals surface area contributed by atoms with Crippen LogP contribution in [0.3, 0.4) is 0 Å². The summed E-state index contributed by atoms with van der Waals surface area (Å²) in [7, 11) is 0. The number of fused-ring (bicyclic) bond motifs is 1. The first-order valence-electron chi connectivity index (χ1n) is 9.72. The maximum atomic E-state index is 12.8. The van der Waals surface area contributed by atoms with Crippen molar-refractivity contribution in [2.75, 3.05) is 32.0 Å². The Labute approximate surface area is 165 Å². The monoisotopic (exact) mass is 393 g/mol. The Hall–Kier alpha value is -1.79. The molecule has 2 aliphatic rings. The van der Waals surface area contributed by atoms with Gasteiger partial charge in [0.1, 0.15) is 11.5 Å². The van der Waals surface area contributed by atoms with Gasteiger partial charge in [-0.1, -0.05) is 11.6 Å². The third-order valence-electron chi connectivity index (χ3n) is 5.36. The molecule has 27 heavy (non-hydrogen) atoms. The van der Waals surface area contributed by atoms with Crippen LogP contribution in [-0.4, -0.2) is 48.9 Å². The van der Waals surface area contributed by atoms with Gasteiger partial charge in [-0.3, -0.25) is 4.79 Å². The molecule has 0 bridgehead atoms. The Morgan fingerprint density at radius 2 is 2.11 bits per heavy atom. The van der Waals surface area contributed by atoms with Crippen LogP contribution in [0.15, 0.2) is 6.07 Å². The number of nitrogens with one attached hydrogen (secondary N) is 1. The van der Waals surface area contributed by atoms with Gasteiger partial charge in [-0.05, 0) is 51.6 Å². The molecule has 1 fully saturated rings. The number of piperidine rings is 1. The zero-order chi connectivity index (χ0) is 19.4. The van der Waals surface area contributed by atoms with Crippen LogP contribution in [-0.2, 0) is 11.2 Å². The highest BCUT2D eigenvalue weighted by molar-refractivity contribution is 6.33. The van der Waals surface area contributed by atoms with E-state index in [1.165, 1.54) is 0 Å². The first-order valence-corrected chi connectivity index (χ1v) is 10.1. The summed E-state index contributed by atoms with van der Waals surface area (Å²) in [6.07, 6.45) is 5.00. The summed E-state index contributed by atoms with van der Waals surface area (Å²) in [4.78, 5) is 26.2. The molecule has 0 aliphatic carbocycles. The summed E-state index contributed by atoms with van der Waals surface area (Å²) < 4.78 is 5.75. The molecule has 1 aromatic rings. The predicted octanol–water partition coefficient (Wildman–Crippen LogP) is 2.81. The topological polar surface area (TPSA) is 84.7 Å². The number of benzene rings is 1. The number of carbonyl (C=O) groups excluding carboxylic acids is 2. The number of nitrogens with two attached hydrogens (primary N) is 1. The number of likely N-dealkylation sites (tertiary alicyclic amines) is 1. The minimum Gasteiger partial charge on any atom is -0.492 e. The van der Waals surface area contributed by atoms with Gasteiger partial charge in [0, 0.05) is 31.1 Å². The molecule has 0 radical (unpaired) electrons. The molecule has 0 spiro atoms. The fourth-order valence-electron chi connectivity index (χ4n) is 3.82. The Balaban J connectivity index is 1.58. The van der Waals surface area contributed by atoms with Crippen LogP contribution >= 0.6 is 11.6 Å². The van der Waals surface area contributed by atoms with E-state index >= 15 is 0 Å². The molecule has 0 saturated carbocycles. The van der Waals surface area contributed by atoms with Crippen LogP contribution in [0.25, 0.3) is 0 Å². The number of anilines is 1. The van der Waals surface area contributed by atoms with E-state index in [0.29, 0.717) is 35.1 Å². The number of halogens is 1. The largest absolute Gasteiger partial charge is 0.492 e. The minimum absolute atomic E-state index is 0.136. The van der Waals surface area contributed by atoms with E-state index in [4.69, 9.17) is 22.1 Å². The number of nitrogens with zero attached hydrogens (tertiary/aromatic N) is 1. The minimum atomic E-state index is -0.148. The normalized spacial score (nSPS) is 17.9. The first-order chi connectivity index (χ1) is 13.0. The molecular formula is C20H28ClN3O3. The second-order valence-electron chi connectivity index (χ2n) is 7.47. The summed E-state index contributed by atoms with van der Waals surface area (Å²) in [6.45, 7) is 5.02. The fraction of sp³-hybridized carbons (Fsp3) is 0.600. The van der Waals surface area contributed by atoms with Crippen molar-refractivity contribution in [3.63, 3.8) is 0 Å². The van der Waals surface area contributed by atoms with Gasteiger partial charge in [-0.2, -0.15) is 0 Å². The highest BCUT2D eigenvalue weighted by Gasteiger charge is 2.26. The molecule has 0 atom stereocenters. The Bertz CT molecular complexity index is 715. The molecule has 6 nitrogen and oxygen atoms in total. The summed E-state index contributed by atoms with van der Waals surface area (Å²) in [5, 5.41) is 3.53. The molecule has 2 heterocycles. The van der Waals surface area contributed by atoms with Crippen molar-refractivity contribution in [3.8, 4) is 5.75 Å². The molecule has 1 aromatic carbocycles. The fourth-order valence-corrected chi connectivity index (χ4v) is 4.04. The third-order valence-corrected chi connectivity index (χ3v) is 5.67. The summed E-state index contributed by atoms with van der Waals surface area (Å²) in [6, 6.07) is 1.75. The first kappa shape index (κ1) is 20.0. The lowest BCUT2D eigenvalue weighted by molar-refractivity contribution is -0.117. The molecule has 0 aromatic heterocycles. The average Bonchev–Trinajstić information content (AvgIpc) is 2.66. The van der Waals surface area contributed by atoms with E-state index < -0.39 is 0 Å². The number of ether oxygens (including phenoxy) is 1. The summed E-state index contributed by atoms with van der Waals surface area (Å²) in [5.41, 5.74) is 7.90.